The SMILES string of the molecule is COC(=O)C(CCCC[NH])NC(=O)[C@H](Cc1ccc(O)cc1)NC(=O)[C@H](CCCCNC(=O)C(O)C(O)C(O)C(O)C(=O)O)NC(=O)OC(C)(C)C. The molecule has 1 rings (SSSR count). The zero-order valence-electron chi connectivity index (χ0n) is 29.7. The van der Waals surface area contributed by atoms with Crippen LogP contribution in [-0.4, -0.2) is 135 Å². The number of aliphatic hydroxyl groups excluding tert-OH is 4. The van der Waals surface area contributed by atoms with Crippen LogP contribution < -0.4 is 27.0 Å². The minimum absolute atomic E-state index is 0.0352. The van der Waals surface area contributed by atoms with E-state index >= 15 is 0 Å². The number of aromatic hydroxyl groups is 1. The second-order valence-corrected chi connectivity index (χ2v) is 13.0. The van der Waals surface area contributed by atoms with Crippen LogP contribution in [0.15, 0.2) is 24.3 Å². The van der Waals surface area contributed by atoms with E-state index in [-0.39, 0.29) is 50.9 Å². The fraction of sp³-hybridized carbons (Fsp3) is 0.636. The van der Waals surface area contributed by atoms with Crippen LogP contribution >= 0.6 is 0 Å². The first kappa shape index (κ1) is 45.5. The van der Waals surface area contributed by atoms with Gasteiger partial charge in [0.15, 0.2) is 12.2 Å². The van der Waals surface area contributed by atoms with E-state index in [0.717, 1.165) is 7.11 Å². The van der Waals surface area contributed by atoms with Gasteiger partial charge >= 0.3 is 18.0 Å². The van der Waals surface area contributed by atoms with Crippen molar-refractivity contribution in [3.8, 4) is 5.75 Å². The third kappa shape index (κ3) is 16.6. The summed E-state index contributed by atoms with van der Waals surface area (Å²) in [6.07, 6.45) is -9.13. The van der Waals surface area contributed by atoms with Gasteiger partial charge in [0.05, 0.1) is 7.11 Å². The molecule has 0 aromatic heterocycles. The van der Waals surface area contributed by atoms with Crippen LogP contribution in [0.2, 0.25) is 0 Å². The minimum atomic E-state index is -2.46. The van der Waals surface area contributed by atoms with Gasteiger partial charge in [-0.2, -0.15) is 0 Å². The average molecular weight is 743 g/mol. The second-order valence-electron chi connectivity index (χ2n) is 13.0. The number of hydrogen-bond acceptors (Lipinski definition) is 13. The van der Waals surface area contributed by atoms with Gasteiger partial charge in [-0.3, -0.25) is 20.1 Å². The normalized spacial score (nSPS) is 15.4. The van der Waals surface area contributed by atoms with Gasteiger partial charge in [-0.1, -0.05) is 12.1 Å². The van der Waals surface area contributed by atoms with Crippen LogP contribution in [0.5, 0.6) is 5.75 Å². The minimum Gasteiger partial charge on any atom is -0.508 e. The molecular formula is C33H52N5O14. The number of phenolic OH excluding ortho intramolecular Hbond substituents is 1. The molecule has 11 N–H and O–H groups in total. The Morgan fingerprint density at radius 1 is 0.750 bits per heavy atom. The fourth-order valence-corrected chi connectivity index (χ4v) is 4.67. The Hall–Kier alpha value is -4.56. The Bertz CT molecular complexity index is 1320. The van der Waals surface area contributed by atoms with Crippen molar-refractivity contribution in [3.63, 3.8) is 0 Å². The summed E-state index contributed by atoms with van der Waals surface area (Å²) in [6.45, 7) is 4.81. The van der Waals surface area contributed by atoms with Gasteiger partial charge in [0.2, 0.25) is 11.8 Å². The second kappa shape index (κ2) is 22.4. The molecule has 293 valence electrons. The number of nitrogens with one attached hydrogen (secondary N) is 5. The number of esters is 1. The fourth-order valence-electron chi connectivity index (χ4n) is 4.67. The van der Waals surface area contributed by atoms with E-state index in [1.165, 1.54) is 24.3 Å². The number of amides is 4. The number of carbonyl (C=O) groups is 6. The average Bonchev–Trinajstić information content (AvgIpc) is 3.08. The summed E-state index contributed by atoms with van der Waals surface area (Å²) in [5.41, 5.74) is 6.95. The number of benzene rings is 1. The van der Waals surface area contributed by atoms with Crippen molar-refractivity contribution in [1.82, 2.24) is 27.0 Å². The van der Waals surface area contributed by atoms with E-state index in [9.17, 15) is 54.3 Å². The lowest BCUT2D eigenvalue weighted by Crippen LogP contribution is -2.56. The Morgan fingerprint density at radius 2 is 1.29 bits per heavy atom. The van der Waals surface area contributed by atoms with Gasteiger partial charge in [-0.05, 0) is 77.0 Å². The third-order valence-corrected chi connectivity index (χ3v) is 7.48. The van der Waals surface area contributed by atoms with Crippen molar-refractivity contribution >= 4 is 35.8 Å². The monoisotopic (exact) mass is 742 g/mol. The third-order valence-electron chi connectivity index (χ3n) is 7.48. The maximum Gasteiger partial charge on any atom is 0.408 e. The molecule has 0 saturated heterocycles. The number of unbranched alkanes of at least 4 members (excludes halogenated alkanes) is 2. The van der Waals surface area contributed by atoms with Crippen LogP contribution in [0.4, 0.5) is 4.79 Å². The molecule has 4 amide bonds. The molecule has 0 spiro atoms. The van der Waals surface area contributed by atoms with Gasteiger partial charge < -0.3 is 61.4 Å². The van der Waals surface area contributed by atoms with Crippen molar-refractivity contribution < 1.29 is 68.9 Å². The number of ether oxygens (including phenoxy) is 2. The van der Waals surface area contributed by atoms with Crippen molar-refractivity contribution in [3.05, 3.63) is 29.8 Å². The number of rotatable bonds is 22. The summed E-state index contributed by atoms with van der Waals surface area (Å²) in [5, 5.41) is 67.3. The quantitative estimate of drug-likeness (QED) is 0.0465. The van der Waals surface area contributed by atoms with Crippen LogP contribution in [0, 0.1) is 0 Å². The first-order valence-corrected chi connectivity index (χ1v) is 16.6. The number of aliphatic hydroxyl groups is 4. The molecular weight excluding hydrogens is 690 g/mol. The molecule has 1 radical (unpaired) electrons. The molecule has 0 aliphatic rings. The van der Waals surface area contributed by atoms with Crippen LogP contribution in [0.25, 0.3) is 0 Å². The highest BCUT2D eigenvalue weighted by molar-refractivity contribution is 5.93. The van der Waals surface area contributed by atoms with Crippen molar-refractivity contribution in [2.45, 2.75) is 114 Å². The largest absolute Gasteiger partial charge is 0.508 e. The number of carboxylic acids is 1. The van der Waals surface area contributed by atoms with Crippen LogP contribution in [0.3, 0.4) is 0 Å². The molecule has 7 atom stereocenters. The summed E-state index contributed by atoms with van der Waals surface area (Å²) in [7, 11) is 1.16. The summed E-state index contributed by atoms with van der Waals surface area (Å²) >= 11 is 0. The van der Waals surface area contributed by atoms with Gasteiger partial charge in [0, 0.05) is 19.5 Å². The molecule has 0 fully saturated rings. The maximum absolute atomic E-state index is 13.7. The van der Waals surface area contributed by atoms with Crippen LogP contribution in [0.1, 0.15) is 64.9 Å². The number of carbonyl (C=O) groups excluding carboxylic acids is 5. The van der Waals surface area contributed by atoms with E-state index in [1.807, 2.05) is 0 Å². The summed E-state index contributed by atoms with van der Waals surface area (Å²) < 4.78 is 10.1. The Balaban J connectivity index is 3.11. The molecule has 5 unspecified atom stereocenters. The van der Waals surface area contributed by atoms with E-state index < -0.39 is 83.9 Å². The summed E-state index contributed by atoms with van der Waals surface area (Å²) in [4.78, 5) is 75.4. The maximum atomic E-state index is 13.7. The van der Waals surface area contributed by atoms with E-state index in [0.29, 0.717) is 18.4 Å². The van der Waals surface area contributed by atoms with Gasteiger partial charge in [0.25, 0.3) is 5.91 Å². The molecule has 0 saturated carbocycles. The molecule has 0 aliphatic heterocycles. The Labute approximate surface area is 301 Å². The number of carboxylic acid groups (broad SMARTS) is 1. The first-order valence-electron chi connectivity index (χ1n) is 16.6. The molecule has 52 heavy (non-hydrogen) atoms. The highest BCUT2D eigenvalue weighted by atomic mass is 16.6. The highest BCUT2D eigenvalue weighted by Crippen LogP contribution is 2.14. The topological polar surface area (TPSA) is 314 Å². The standard InChI is InChI=1S/C33H52N5O14/c1-33(2,3)52-32(50)38-20(9-6-8-16-35-29(46)25(42)23(40)24(41)26(43)30(47)48)27(44)37-22(17-18-11-13-19(39)14-12-18)28(45)36-21(31(49)51-4)10-5-7-15-34/h11-14,20-26,34,39-43H,5-10,15-17H2,1-4H3,(H,35,46)(H,36,45)(H,37,44)(H,38,50)(H,47,48)/t20-,21?,22-,23?,24?,25?,26?/m0/s1. The number of alkyl carbamates (subject to hydrolysis) is 1. The smallest absolute Gasteiger partial charge is 0.408 e. The van der Waals surface area contributed by atoms with E-state index in [2.05, 4.69) is 21.3 Å². The molecule has 0 bridgehead atoms. The van der Waals surface area contributed by atoms with E-state index in [1.54, 1.807) is 20.8 Å². The number of hydrogen-bond donors (Lipinski definition) is 10. The molecule has 0 aliphatic carbocycles. The number of aliphatic carboxylic acids is 1. The van der Waals surface area contributed by atoms with Gasteiger partial charge in [0.1, 0.15) is 41.7 Å². The Morgan fingerprint density at radius 3 is 1.85 bits per heavy atom. The van der Waals surface area contributed by atoms with Crippen molar-refractivity contribution in [2.24, 2.45) is 0 Å². The molecule has 1 aromatic rings. The summed E-state index contributed by atoms with van der Waals surface area (Å²) in [5.74, 6) is -5.37. The Kier molecular flexibility index (Phi) is 19.6. The van der Waals surface area contributed by atoms with Gasteiger partial charge in [-0.15, -0.1) is 0 Å². The molecule has 19 nitrogen and oxygen atoms in total. The first-order chi connectivity index (χ1) is 24.3. The zero-order valence-corrected chi connectivity index (χ0v) is 29.7. The van der Waals surface area contributed by atoms with Crippen LogP contribution in [-0.2, 0) is 39.9 Å². The van der Waals surface area contributed by atoms with Crippen molar-refractivity contribution in [1.29, 1.82) is 0 Å². The highest BCUT2D eigenvalue weighted by Gasteiger charge is 2.37. The summed E-state index contributed by atoms with van der Waals surface area (Å²) in [6, 6.07) is 2.19. The molecule has 0 heterocycles. The predicted molar refractivity (Wildman–Crippen MR) is 181 cm³/mol. The molecule has 19 heteroatoms. The predicted octanol–water partition coefficient (Wildman–Crippen LogP) is -1.76. The van der Waals surface area contributed by atoms with E-state index in [4.69, 9.17) is 20.3 Å². The zero-order chi connectivity index (χ0) is 39.6. The van der Waals surface area contributed by atoms with Gasteiger partial charge in [-0.25, -0.2) is 14.4 Å². The number of methoxy groups -OCH3 is 1. The number of phenols is 1. The lowest BCUT2D eigenvalue weighted by atomic mass is 10.0. The lowest BCUT2D eigenvalue weighted by Gasteiger charge is -2.26. The molecule has 1 aromatic carbocycles. The lowest BCUT2D eigenvalue weighted by molar-refractivity contribution is -0.166. The van der Waals surface area contributed by atoms with Crippen molar-refractivity contribution in [2.75, 3.05) is 20.2 Å².